The largest absolute Gasteiger partial charge is 0.501 e. The van der Waals surface area contributed by atoms with Gasteiger partial charge in [0.2, 0.25) is 5.75 Å². The second-order valence-corrected chi connectivity index (χ2v) is 8.30. The first-order chi connectivity index (χ1) is 16.8. The first kappa shape index (κ1) is 26.0. The van der Waals surface area contributed by atoms with E-state index in [0.717, 1.165) is 22.6 Å². The molecule has 0 unspecified atom stereocenters. The van der Waals surface area contributed by atoms with Crippen LogP contribution in [-0.2, 0) is 28.2 Å². The number of fused-ring (bicyclic) bond motifs is 1. The SMILES string of the molecule is CC.CCOC1=CC=C(c2ccccc2CNC(=O)c2nc3n(c(=O)c2O)CCOC3(C)C)CN1. The number of nitrogens with one attached hydrogen (secondary N) is 2. The molecule has 4 rings (SSSR count). The van der Waals surface area contributed by atoms with Crippen LogP contribution in [0.4, 0.5) is 0 Å². The molecule has 35 heavy (non-hydrogen) atoms. The zero-order chi connectivity index (χ0) is 25.6. The van der Waals surface area contributed by atoms with Crippen molar-refractivity contribution in [2.24, 2.45) is 0 Å². The van der Waals surface area contributed by atoms with Gasteiger partial charge in [-0.1, -0.05) is 44.2 Å². The molecule has 9 nitrogen and oxygen atoms in total. The number of carbonyl (C=O) groups is 1. The van der Waals surface area contributed by atoms with Gasteiger partial charge in [-0.25, -0.2) is 4.98 Å². The Kier molecular flexibility index (Phi) is 8.34. The van der Waals surface area contributed by atoms with E-state index in [9.17, 15) is 14.7 Å². The highest BCUT2D eigenvalue weighted by Crippen LogP contribution is 2.27. The van der Waals surface area contributed by atoms with Crippen LogP contribution >= 0.6 is 0 Å². The number of allylic oxidation sites excluding steroid dienone is 2. The van der Waals surface area contributed by atoms with Crippen LogP contribution in [0.3, 0.4) is 0 Å². The lowest BCUT2D eigenvalue weighted by Crippen LogP contribution is -2.42. The molecule has 0 fully saturated rings. The minimum atomic E-state index is -0.846. The summed E-state index contributed by atoms with van der Waals surface area (Å²) >= 11 is 0. The number of carbonyl (C=O) groups excluding carboxylic acids is 1. The molecule has 1 amide bonds. The smallest absolute Gasteiger partial charge is 0.296 e. The molecule has 188 valence electrons. The Morgan fingerprint density at radius 1 is 1.29 bits per heavy atom. The molecule has 3 N–H and O–H groups in total. The van der Waals surface area contributed by atoms with E-state index in [-0.39, 0.29) is 18.8 Å². The number of aromatic nitrogens is 2. The third kappa shape index (κ3) is 5.57. The summed E-state index contributed by atoms with van der Waals surface area (Å²) in [5.74, 6) is -0.245. The first-order valence-corrected chi connectivity index (χ1v) is 11.9. The fourth-order valence-electron chi connectivity index (χ4n) is 3.99. The maximum atomic E-state index is 12.9. The molecule has 9 heteroatoms. The van der Waals surface area contributed by atoms with Gasteiger partial charge in [0.1, 0.15) is 11.4 Å². The maximum absolute atomic E-state index is 12.9. The number of nitrogens with zero attached hydrogens (tertiary/aromatic N) is 2. The molecule has 2 aliphatic heterocycles. The van der Waals surface area contributed by atoms with Crippen LogP contribution < -0.4 is 16.2 Å². The Bertz CT molecular complexity index is 1200. The second kappa shape index (κ2) is 11.2. The van der Waals surface area contributed by atoms with Crippen molar-refractivity contribution in [3.63, 3.8) is 0 Å². The van der Waals surface area contributed by atoms with E-state index in [1.54, 1.807) is 13.8 Å². The quantitative estimate of drug-likeness (QED) is 0.580. The molecule has 1 aromatic carbocycles. The third-order valence-electron chi connectivity index (χ3n) is 5.67. The lowest BCUT2D eigenvalue weighted by molar-refractivity contribution is -0.0566. The normalized spacial score (nSPS) is 15.9. The number of dihydropyridines is 1. The van der Waals surface area contributed by atoms with Crippen LogP contribution in [0, 0.1) is 0 Å². The topological polar surface area (TPSA) is 115 Å². The summed E-state index contributed by atoms with van der Waals surface area (Å²) in [5.41, 5.74) is 1.14. The lowest BCUT2D eigenvalue weighted by Gasteiger charge is -2.32. The highest BCUT2D eigenvalue weighted by atomic mass is 16.5. The van der Waals surface area contributed by atoms with Crippen LogP contribution in [0.2, 0.25) is 0 Å². The van der Waals surface area contributed by atoms with Crippen LogP contribution in [0.15, 0.2) is 47.1 Å². The van der Waals surface area contributed by atoms with E-state index >= 15 is 0 Å². The van der Waals surface area contributed by atoms with Crippen molar-refractivity contribution in [2.75, 3.05) is 19.8 Å². The average Bonchev–Trinajstić information content (AvgIpc) is 2.87. The molecule has 0 radical (unpaired) electrons. The minimum Gasteiger partial charge on any atom is -0.501 e. The van der Waals surface area contributed by atoms with Crippen molar-refractivity contribution < 1.29 is 19.4 Å². The van der Waals surface area contributed by atoms with Gasteiger partial charge in [-0.05, 0) is 43.5 Å². The van der Waals surface area contributed by atoms with Gasteiger partial charge >= 0.3 is 0 Å². The Morgan fingerprint density at radius 3 is 2.71 bits per heavy atom. The molecule has 0 saturated heterocycles. The number of rotatable bonds is 6. The maximum Gasteiger partial charge on any atom is 0.296 e. The molecular formula is C26H34N4O5. The standard InChI is InChI=1S/C24H28N4O5.C2H6/c1-4-32-18-10-9-16(13-25-18)17-8-6-5-7-15(17)14-26-21(30)19-20(29)22(31)28-11-12-33-24(2,3)23(28)27-19;1-2/h5-10,25,29H,4,11-14H2,1-3H3,(H,26,30);1-2H3. The van der Waals surface area contributed by atoms with Crippen LogP contribution in [0.25, 0.3) is 5.57 Å². The van der Waals surface area contributed by atoms with Crippen LogP contribution in [0.1, 0.15) is 62.1 Å². The van der Waals surface area contributed by atoms with Gasteiger partial charge in [0.25, 0.3) is 11.5 Å². The molecule has 2 aromatic rings. The van der Waals surface area contributed by atoms with Gasteiger partial charge in [-0.3, -0.25) is 14.2 Å². The molecule has 1 aromatic heterocycles. The Labute approximate surface area is 205 Å². The van der Waals surface area contributed by atoms with Crippen LogP contribution in [-0.4, -0.2) is 40.3 Å². The zero-order valence-corrected chi connectivity index (χ0v) is 21.0. The van der Waals surface area contributed by atoms with Crippen molar-refractivity contribution in [3.8, 4) is 5.75 Å². The lowest BCUT2D eigenvalue weighted by atomic mass is 9.98. The Balaban J connectivity index is 0.00000167. The number of ether oxygens (including phenoxy) is 2. The van der Waals surface area contributed by atoms with Crippen molar-refractivity contribution >= 4 is 11.5 Å². The van der Waals surface area contributed by atoms with E-state index < -0.39 is 22.8 Å². The highest BCUT2D eigenvalue weighted by Gasteiger charge is 2.34. The van der Waals surface area contributed by atoms with E-state index in [4.69, 9.17) is 9.47 Å². The molecule has 0 bridgehead atoms. The first-order valence-electron chi connectivity index (χ1n) is 11.9. The summed E-state index contributed by atoms with van der Waals surface area (Å²) in [6, 6.07) is 7.73. The van der Waals surface area contributed by atoms with Gasteiger partial charge in [-0.2, -0.15) is 0 Å². The third-order valence-corrected chi connectivity index (χ3v) is 5.67. The minimum absolute atomic E-state index is 0.202. The molecule has 0 aliphatic carbocycles. The monoisotopic (exact) mass is 482 g/mol. The molecular weight excluding hydrogens is 448 g/mol. The summed E-state index contributed by atoms with van der Waals surface area (Å²) in [5, 5.41) is 16.4. The van der Waals surface area contributed by atoms with Gasteiger partial charge in [0.15, 0.2) is 11.6 Å². The van der Waals surface area contributed by atoms with E-state index in [1.165, 1.54) is 4.57 Å². The molecule has 0 atom stereocenters. The number of hydrogen-bond acceptors (Lipinski definition) is 7. The fraction of sp³-hybridized carbons (Fsp3) is 0.423. The van der Waals surface area contributed by atoms with Gasteiger partial charge in [-0.15, -0.1) is 0 Å². The molecule has 0 saturated carbocycles. The van der Waals surface area contributed by atoms with Crippen molar-refractivity contribution in [2.45, 2.75) is 53.3 Å². The number of benzene rings is 1. The summed E-state index contributed by atoms with van der Waals surface area (Å²) < 4.78 is 12.5. The summed E-state index contributed by atoms with van der Waals surface area (Å²) in [6.07, 6.45) is 3.87. The van der Waals surface area contributed by atoms with E-state index in [0.29, 0.717) is 25.6 Å². The number of aromatic hydroxyl groups is 1. The van der Waals surface area contributed by atoms with Crippen molar-refractivity contribution in [3.05, 3.63) is 75.3 Å². The van der Waals surface area contributed by atoms with E-state index in [1.807, 2.05) is 57.2 Å². The van der Waals surface area contributed by atoms with Gasteiger partial charge in [0, 0.05) is 13.1 Å². The van der Waals surface area contributed by atoms with Gasteiger partial charge < -0.3 is 25.2 Å². The summed E-state index contributed by atoms with van der Waals surface area (Å²) in [7, 11) is 0. The number of hydrogen-bond donors (Lipinski definition) is 3. The fourth-order valence-corrected chi connectivity index (χ4v) is 3.99. The molecule has 0 spiro atoms. The Hall–Kier alpha value is -3.59. The summed E-state index contributed by atoms with van der Waals surface area (Å²) in [4.78, 5) is 29.9. The Morgan fingerprint density at radius 2 is 2.03 bits per heavy atom. The molecule has 2 aliphatic rings. The van der Waals surface area contributed by atoms with Gasteiger partial charge in [0.05, 0.1) is 19.8 Å². The average molecular weight is 483 g/mol. The van der Waals surface area contributed by atoms with E-state index in [2.05, 4.69) is 15.6 Å². The number of amides is 1. The second-order valence-electron chi connectivity index (χ2n) is 8.30. The zero-order valence-electron chi connectivity index (χ0n) is 21.0. The molecule has 3 heterocycles. The predicted octanol–water partition coefficient (Wildman–Crippen LogP) is 3.03. The van der Waals surface area contributed by atoms with Crippen LogP contribution in [0.5, 0.6) is 5.75 Å². The summed E-state index contributed by atoms with van der Waals surface area (Å²) in [6.45, 7) is 11.5. The van der Waals surface area contributed by atoms with Crippen molar-refractivity contribution in [1.29, 1.82) is 0 Å². The highest BCUT2D eigenvalue weighted by molar-refractivity contribution is 5.94. The predicted molar refractivity (Wildman–Crippen MR) is 134 cm³/mol. The van der Waals surface area contributed by atoms with Crippen molar-refractivity contribution in [1.82, 2.24) is 20.2 Å².